The van der Waals surface area contributed by atoms with Crippen molar-refractivity contribution in [1.82, 2.24) is 20.0 Å². The van der Waals surface area contributed by atoms with E-state index in [-0.39, 0.29) is 43.2 Å². The molecule has 0 aromatic carbocycles. The molecule has 0 spiro atoms. The van der Waals surface area contributed by atoms with Crippen LogP contribution in [0.3, 0.4) is 0 Å². The lowest BCUT2D eigenvalue weighted by molar-refractivity contribution is -0.122. The Balaban J connectivity index is 0. The van der Waals surface area contributed by atoms with Gasteiger partial charge in [-0.3, -0.25) is 14.3 Å². The number of nitrogens with one attached hydrogen (secondary N) is 2. The minimum Gasteiger partial charge on any atom is -0.353 e. The maximum atomic E-state index is 11.9. The van der Waals surface area contributed by atoms with Crippen LogP contribution in [0.1, 0.15) is 20.3 Å². The number of nitrogens with two attached hydrogens (primary N) is 1. The van der Waals surface area contributed by atoms with Crippen molar-refractivity contribution < 1.29 is 9.59 Å². The first kappa shape index (κ1) is 25.9. The molecule has 1 aromatic rings. The Morgan fingerprint density at radius 2 is 1.96 bits per heavy atom. The summed E-state index contributed by atoms with van der Waals surface area (Å²) < 4.78 is 1.48. The number of anilines is 1. The average molecular weight is 397 g/mol. The second kappa shape index (κ2) is 12.9. The molecule has 0 aliphatic heterocycles. The van der Waals surface area contributed by atoms with Gasteiger partial charge in [-0.15, -0.1) is 24.8 Å². The molecule has 0 unspecified atom stereocenters. The van der Waals surface area contributed by atoms with Crippen molar-refractivity contribution >= 4 is 42.3 Å². The van der Waals surface area contributed by atoms with Gasteiger partial charge < -0.3 is 21.3 Å². The number of likely N-dealkylation sites (N-methyl/N-ethyl adjacent to an activating group) is 1. The van der Waals surface area contributed by atoms with Crippen LogP contribution >= 0.6 is 24.8 Å². The Hall–Kier alpha value is -1.35. The van der Waals surface area contributed by atoms with E-state index in [0.29, 0.717) is 24.6 Å². The predicted octanol–water partition coefficient (Wildman–Crippen LogP) is 0.716. The third-order valence-electron chi connectivity index (χ3n) is 3.15. The molecule has 0 saturated carbocycles. The number of carbonyl (C=O) groups excluding carboxylic acids is 2. The summed E-state index contributed by atoms with van der Waals surface area (Å²) in [7, 11) is 3.89. The van der Waals surface area contributed by atoms with Crippen LogP contribution in [0, 0.1) is 5.92 Å². The second-order valence-corrected chi connectivity index (χ2v) is 6.31. The van der Waals surface area contributed by atoms with Gasteiger partial charge in [-0.05, 0) is 26.4 Å². The summed E-state index contributed by atoms with van der Waals surface area (Å²) in [5, 5.41) is 9.58. The Morgan fingerprint density at radius 3 is 2.52 bits per heavy atom. The molecule has 0 saturated heterocycles. The number of hydrogen-bond donors (Lipinski definition) is 3. The lowest BCUT2D eigenvalue weighted by Crippen LogP contribution is -2.36. The molecule has 0 aliphatic carbocycles. The Bertz CT molecular complexity index is 522. The first-order chi connectivity index (χ1) is 10.8. The quantitative estimate of drug-likeness (QED) is 0.570. The lowest BCUT2D eigenvalue weighted by atomic mass is 10.0. The molecular formula is C15H30Cl2N6O2. The van der Waals surface area contributed by atoms with Crippen LogP contribution in [0.4, 0.5) is 5.69 Å². The molecule has 25 heavy (non-hydrogen) atoms. The molecule has 0 aliphatic rings. The van der Waals surface area contributed by atoms with Crippen LogP contribution in [0.2, 0.25) is 0 Å². The van der Waals surface area contributed by atoms with Gasteiger partial charge in [0.2, 0.25) is 11.8 Å². The van der Waals surface area contributed by atoms with Gasteiger partial charge in [0.05, 0.1) is 17.9 Å². The lowest BCUT2D eigenvalue weighted by Gasteiger charge is -2.13. The van der Waals surface area contributed by atoms with Crippen LogP contribution in [0.5, 0.6) is 0 Å². The summed E-state index contributed by atoms with van der Waals surface area (Å²) in [5.74, 6) is -0.0117. The largest absolute Gasteiger partial charge is 0.353 e. The molecule has 146 valence electrons. The highest BCUT2D eigenvalue weighted by molar-refractivity contribution is 5.94. The van der Waals surface area contributed by atoms with E-state index in [4.69, 9.17) is 5.73 Å². The molecule has 1 aromatic heterocycles. The molecular weight excluding hydrogens is 367 g/mol. The molecule has 4 N–H and O–H groups in total. The van der Waals surface area contributed by atoms with Gasteiger partial charge in [0, 0.05) is 19.3 Å². The molecule has 2 amide bonds. The van der Waals surface area contributed by atoms with Crippen molar-refractivity contribution in [2.24, 2.45) is 11.7 Å². The van der Waals surface area contributed by atoms with Crippen LogP contribution in [-0.2, 0) is 16.1 Å². The van der Waals surface area contributed by atoms with Crippen molar-refractivity contribution in [3.05, 3.63) is 12.4 Å². The van der Waals surface area contributed by atoms with Crippen LogP contribution < -0.4 is 16.4 Å². The zero-order valence-corrected chi connectivity index (χ0v) is 16.8. The summed E-state index contributed by atoms with van der Waals surface area (Å²) in [4.78, 5) is 25.7. The number of amides is 2. The zero-order valence-electron chi connectivity index (χ0n) is 15.2. The fourth-order valence-electron chi connectivity index (χ4n) is 1.99. The number of nitrogens with zero attached hydrogens (tertiary/aromatic N) is 3. The number of hydrogen-bond acceptors (Lipinski definition) is 5. The van der Waals surface area contributed by atoms with Crippen LogP contribution in [0.25, 0.3) is 0 Å². The fourth-order valence-corrected chi connectivity index (χ4v) is 1.99. The van der Waals surface area contributed by atoms with Gasteiger partial charge in [-0.25, -0.2) is 0 Å². The second-order valence-electron chi connectivity index (χ2n) is 6.31. The number of halogens is 2. The number of carbonyl (C=O) groups is 2. The van der Waals surface area contributed by atoms with E-state index in [1.54, 1.807) is 6.20 Å². The fraction of sp³-hybridized carbons (Fsp3) is 0.667. The summed E-state index contributed by atoms with van der Waals surface area (Å²) in [5.41, 5.74) is 6.36. The molecule has 10 heteroatoms. The maximum Gasteiger partial charge on any atom is 0.241 e. The molecule has 1 rings (SSSR count). The standard InChI is InChI=1S/C15H28N6O2.2ClH/c1-11(2)7-13(16)15(23)19-12-8-18-21(9-12)10-14(22)17-5-6-20(3)4;;/h8-9,11,13H,5-7,10,16H2,1-4H3,(H,17,22)(H,19,23);2*1H/t13-;;/m0../s1. The van der Waals surface area contributed by atoms with E-state index in [2.05, 4.69) is 15.7 Å². The third-order valence-corrected chi connectivity index (χ3v) is 3.15. The summed E-state index contributed by atoms with van der Waals surface area (Å²) in [6, 6.07) is -0.548. The van der Waals surface area contributed by atoms with Crippen molar-refractivity contribution in [2.45, 2.75) is 32.9 Å². The molecule has 1 atom stereocenters. The first-order valence-corrected chi connectivity index (χ1v) is 7.78. The van der Waals surface area contributed by atoms with E-state index < -0.39 is 6.04 Å². The molecule has 1 heterocycles. The predicted molar refractivity (Wildman–Crippen MR) is 104 cm³/mol. The molecule has 0 radical (unpaired) electrons. The van der Waals surface area contributed by atoms with E-state index in [1.165, 1.54) is 10.9 Å². The maximum absolute atomic E-state index is 11.9. The Morgan fingerprint density at radius 1 is 1.32 bits per heavy atom. The SMILES string of the molecule is CC(C)C[C@H](N)C(=O)Nc1cnn(CC(=O)NCCN(C)C)c1.Cl.Cl. The molecule has 0 bridgehead atoms. The monoisotopic (exact) mass is 396 g/mol. The third kappa shape index (κ3) is 11.0. The van der Waals surface area contributed by atoms with Crippen molar-refractivity contribution in [3.63, 3.8) is 0 Å². The van der Waals surface area contributed by atoms with Gasteiger partial charge in [0.1, 0.15) is 6.54 Å². The van der Waals surface area contributed by atoms with E-state index in [0.717, 1.165) is 6.54 Å². The molecule has 0 fully saturated rings. The van der Waals surface area contributed by atoms with E-state index >= 15 is 0 Å². The highest BCUT2D eigenvalue weighted by Crippen LogP contribution is 2.08. The summed E-state index contributed by atoms with van der Waals surface area (Å²) >= 11 is 0. The smallest absolute Gasteiger partial charge is 0.241 e. The van der Waals surface area contributed by atoms with Gasteiger partial charge in [-0.2, -0.15) is 5.10 Å². The Labute approximate surface area is 161 Å². The van der Waals surface area contributed by atoms with Crippen molar-refractivity contribution in [3.8, 4) is 0 Å². The average Bonchev–Trinajstić information content (AvgIpc) is 2.84. The Kier molecular flexibility index (Phi) is 13.4. The van der Waals surface area contributed by atoms with Crippen molar-refractivity contribution in [1.29, 1.82) is 0 Å². The van der Waals surface area contributed by atoms with Gasteiger partial charge in [0.25, 0.3) is 0 Å². The number of rotatable bonds is 9. The van der Waals surface area contributed by atoms with Crippen LogP contribution in [-0.4, -0.2) is 59.7 Å². The zero-order chi connectivity index (χ0) is 17.4. The minimum atomic E-state index is -0.548. The van der Waals surface area contributed by atoms with Gasteiger partial charge in [-0.1, -0.05) is 13.8 Å². The summed E-state index contributed by atoms with van der Waals surface area (Å²) in [6.07, 6.45) is 3.74. The van der Waals surface area contributed by atoms with Gasteiger partial charge >= 0.3 is 0 Å². The number of aromatic nitrogens is 2. The molecule has 8 nitrogen and oxygen atoms in total. The topological polar surface area (TPSA) is 105 Å². The summed E-state index contributed by atoms with van der Waals surface area (Å²) in [6.45, 7) is 5.50. The van der Waals surface area contributed by atoms with Crippen LogP contribution in [0.15, 0.2) is 12.4 Å². The van der Waals surface area contributed by atoms with E-state index in [9.17, 15) is 9.59 Å². The highest BCUT2D eigenvalue weighted by atomic mass is 35.5. The van der Waals surface area contributed by atoms with Gasteiger partial charge in [0.15, 0.2) is 0 Å². The highest BCUT2D eigenvalue weighted by Gasteiger charge is 2.15. The van der Waals surface area contributed by atoms with Crippen molar-refractivity contribution in [2.75, 3.05) is 32.5 Å². The minimum absolute atomic E-state index is 0. The normalized spacial score (nSPS) is 11.5. The van der Waals surface area contributed by atoms with E-state index in [1.807, 2.05) is 32.8 Å². The first-order valence-electron chi connectivity index (χ1n) is 7.78.